The van der Waals surface area contributed by atoms with E-state index >= 15 is 0 Å². The summed E-state index contributed by atoms with van der Waals surface area (Å²) in [6.07, 6.45) is 3.06. The van der Waals surface area contributed by atoms with Gasteiger partial charge in [0.15, 0.2) is 0 Å². The molecule has 0 aliphatic rings. The fraction of sp³-hybridized carbons (Fsp3) is 0.429. The van der Waals surface area contributed by atoms with Gasteiger partial charge in [-0.3, -0.25) is 0 Å². The van der Waals surface area contributed by atoms with Crippen LogP contribution in [0.3, 0.4) is 0 Å². The maximum atomic E-state index is 7.62. The van der Waals surface area contributed by atoms with Crippen molar-refractivity contribution in [1.29, 1.82) is 0 Å². The van der Waals surface area contributed by atoms with Crippen molar-refractivity contribution in [3.05, 3.63) is 25.5 Å². The molecule has 2 N–H and O–H groups in total. The average Bonchev–Trinajstić information content (AvgIpc) is 2.01. The average molecular weight is 146 g/mol. The van der Waals surface area contributed by atoms with Gasteiger partial charge in [-0.15, -0.1) is 0 Å². The fourth-order valence-corrected chi connectivity index (χ4v) is 0.136. The van der Waals surface area contributed by atoms with E-state index in [4.69, 9.17) is 10.2 Å². The van der Waals surface area contributed by atoms with Crippen molar-refractivity contribution in [2.24, 2.45) is 0 Å². The Morgan fingerprint density at radius 1 is 1.20 bits per heavy atom. The van der Waals surface area contributed by atoms with Crippen molar-refractivity contribution in [2.75, 3.05) is 19.8 Å². The minimum Gasteiger partial charge on any atom is -0.498 e. The summed E-state index contributed by atoms with van der Waals surface area (Å²) in [5.41, 5.74) is 0. The highest BCUT2D eigenvalue weighted by molar-refractivity contribution is 4.65. The molecule has 0 heterocycles. The van der Waals surface area contributed by atoms with Crippen LogP contribution in [0, 0.1) is 0 Å². The standard InChI is InChI=1S/C5H8O.C2H6O2/c1-3-5-6-4-2;3-1-2-4/h3-4H,1-2,5H2;3-4H,1-2H2. The molecule has 0 saturated carbocycles. The molecule has 0 rings (SSSR count). The lowest BCUT2D eigenvalue weighted by molar-refractivity contribution is 0.186. The highest BCUT2D eigenvalue weighted by Gasteiger charge is 1.61. The summed E-state index contributed by atoms with van der Waals surface area (Å²) in [6.45, 7) is 7.06. The summed E-state index contributed by atoms with van der Waals surface area (Å²) < 4.78 is 4.63. The quantitative estimate of drug-likeness (QED) is 0.341. The first-order chi connectivity index (χ1) is 4.83. The second-order valence-corrected chi connectivity index (χ2v) is 1.24. The normalized spacial score (nSPS) is 7.00. The number of ether oxygens (including phenoxy) is 1. The molecule has 0 aromatic rings. The predicted molar refractivity (Wildman–Crippen MR) is 40.5 cm³/mol. The Hall–Kier alpha value is -0.800. The molecule has 10 heavy (non-hydrogen) atoms. The summed E-state index contributed by atoms with van der Waals surface area (Å²) in [7, 11) is 0. The van der Waals surface area contributed by atoms with Crippen molar-refractivity contribution in [3.8, 4) is 0 Å². The van der Waals surface area contributed by atoms with Crippen molar-refractivity contribution in [1.82, 2.24) is 0 Å². The maximum Gasteiger partial charge on any atom is 0.105 e. The molecule has 0 amide bonds. The van der Waals surface area contributed by atoms with E-state index in [9.17, 15) is 0 Å². The van der Waals surface area contributed by atoms with Crippen LogP contribution < -0.4 is 0 Å². The molecule has 0 bridgehead atoms. The Morgan fingerprint density at radius 3 is 1.80 bits per heavy atom. The second kappa shape index (κ2) is 15.7. The molecule has 0 atom stereocenters. The molecule has 0 saturated heterocycles. The monoisotopic (exact) mass is 146 g/mol. The molecule has 0 aromatic carbocycles. The summed E-state index contributed by atoms with van der Waals surface area (Å²) >= 11 is 0. The fourth-order valence-electron chi connectivity index (χ4n) is 0.136. The highest BCUT2D eigenvalue weighted by Crippen LogP contribution is 1.69. The third kappa shape index (κ3) is 27.0. The molecular formula is C7H14O3. The molecule has 0 aromatic heterocycles. The Kier molecular flexibility index (Phi) is 18.8. The van der Waals surface area contributed by atoms with E-state index in [2.05, 4.69) is 17.9 Å². The molecule has 0 aliphatic carbocycles. The van der Waals surface area contributed by atoms with E-state index in [1.165, 1.54) is 6.26 Å². The summed E-state index contributed by atoms with van der Waals surface area (Å²) in [4.78, 5) is 0. The van der Waals surface area contributed by atoms with Crippen LogP contribution in [0.1, 0.15) is 0 Å². The maximum absolute atomic E-state index is 7.62. The lowest BCUT2D eigenvalue weighted by atomic mass is 10.7. The van der Waals surface area contributed by atoms with E-state index in [1.54, 1.807) is 6.08 Å². The van der Waals surface area contributed by atoms with Crippen molar-refractivity contribution >= 4 is 0 Å². The summed E-state index contributed by atoms with van der Waals surface area (Å²) in [6, 6.07) is 0. The Morgan fingerprint density at radius 2 is 1.70 bits per heavy atom. The third-order valence-corrected chi connectivity index (χ3v) is 0.432. The molecule has 0 fully saturated rings. The number of aliphatic hydroxyl groups is 2. The van der Waals surface area contributed by atoms with Gasteiger partial charge in [0.25, 0.3) is 0 Å². The van der Waals surface area contributed by atoms with Gasteiger partial charge in [-0.25, -0.2) is 0 Å². The van der Waals surface area contributed by atoms with Gasteiger partial charge in [-0.05, 0) is 0 Å². The van der Waals surface area contributed by atoms with Gasteiger partial charge in [0.05, 0.1) is 19.5 Å². The van der Waals surface area contributed by atoms with Crippen LogP contribution in [0.5, 0.6) is 0 Å². The Labute approximate surface area is 61.3 Å². The molecular weight excluding hydrogens is 132 g/mol. The molecule has 0 unspecified atom stereocenters. The van der Waals surface area contributed by atoms with Gasteiger partial charge in [-0.1, -0.05) is 19.2 Å². The first kappa shape index (κ1) is 11.9. The van der Waals surface area contributed by atoms with Gasteiger partial charge in [-0.2, -0.15) is 0 Å². The summed E-state index contributed by atoms with van der Waals surface area (Å²) in [5.74, 6) is 0. The van der Waals surface area contributed by atoms with Gasteiger partial charge >= 0.3 is 0 Å². The SMILES string of the molecule is C=CCOC=C.OCCO. The molecule has 0 aliphatic heterocycles. The van der Waals surface area contributed by atoms with Gasteiger partial charge in [0, 0.05) is 0 Å². The van der Waals surface area contributed by atoms with Crippen LogP contribution in [0.2, 0.25) is 0 Å². The molecule has 0 spiro atoms. The van der Waals surface area contributed by atoms with E-state index in [0.29, 0.717) is 6.61 Å². The van der Waals surface area contributed by atoms with Gasteiger partial charge in [0.1, 0.15) is 6.61 Å². The number of aliphatic hydroxyl groups excluding tert-OH is 2. The lowest BCUT2D eigenvalue weighted by Crippen LogP contribution is -1.85. The predicted octanol–water partition coefficient (Wildman–Crippen LogP) is 0.303. The van der Waals surface area contributed by atoms with Crippen molar-refractivity contribution in [3.63, 3.8) is 0 Å². The molecule has 3 heteroatoms. The van der Waals surface area contributed by atoms with E-state index < -0.39 is 0 Å². The van der Waals surface area contributed by atoms with E-state index in [-0.39, 0.29) is 13.2 Å². The lowest BCUT2D eigenvalue weighted by Gasteiger charge is -1.86. The minimum absolute atomic E-state index is 0.125. The number of hydrogen-bond acceptors (Lipinski definition) is 3. The van der Waals surface area contributed by atoms with Crippen LogP contribution in [0.25, 0.3) is 0 Å². The van der Waals surface area contributed by atoms with E-state index in [1.807, 2.05) is 0 Å². The highest BCUT2D eigenvalue weighted by atomic mass is 16.5. The first-order valence-electron chi connectivity index (χ1n) is 2.88. The van der Waals surface area contributed by atoms with Crippen LogP contribution in [0.4, 0.5) is 0 Å². The molecule has 3 nitrogen and oxygen atoms in total. The van der Waals surface area contributed by atoms with Crippen LogP contribution in [0.15, 0.2) is 25.5 Å². The number of hydrogen-bond donors (Lipinski definition) is 2. The second-order valence-electron chi connectivity index (χ2n) is 1.24. The zero-order valence-corrected chi connectivity index (χ0v) is 5.99. The van der Waals surface area contributed by atoms with Crippen molar-refractivity contribution < 1.29 is 14.9 Å². The largest absolute Gasteiger partial charge is 0.498 e. The van der Waals surface area contributed by atoms with Crippen LogP contribution in [-0.4, -0.2) is 30.0 Å². The zero-order chi connectivity index (χ0) is 8.24. The first-order valence-corrected chi connectivity index (χ1v) is 2.88. The van der Waals surface area contributed by atoms with E-state index in [0.717, 1.165) is 0 Å². The molecule has 0 radical (unpaired) electrons. The van der Waals surface area contributed by atoms with Crippen LogP contribution in [-0.2, 0) is 4.74 Å². The van der Waals surface area contributed by atoms with Crippen LogP contribution >= 0.6 is 0 Å². The van der Waals surface area contributed by atoms with Gasteiger partial charge in [0.2, 0.25) is 0 Å². The smallest absolute Gasteiger partial charge is 0.105 e. The Bertz CT molecular complexity index is 61.3. The Balaban J connectivity index is 0. The number of rotatable bonds is 4. The zero-order valence-electron chi connectivity index (χ0n) is 5.99. The van der Waals surface area contributed by atoms with Crippen molar-refractivity contribution in [2.45, 2.75) is 0 Å². The van der Waals surface area contributed by atoms with Gasteiger partial charge < -0.3 is 14.9 Å². The topological polar surface area (TPSA) is 49.7 Å². The summed E-state index contributed by atoms with van der Waals surface area (Å²) in [5, 5.41) is 15.2. The molecule has 60 valence electrons. The minimum atomic E-state index is -0.125. The third-order valence-electron chi connectivity index (χ3n) is 0.432.